The fourth-order valence-corrected chi connectivity index (χ4v) is 3.76. The summed E-state index contributed by atoms with van der Waals surface area (Å²) < 4.78 is 18.9. The Hall–Kier alpha value is -3.73. The first-order valence-corrected chi connectivity index (χ1v) is 11.2. The van der Waals surface area contributed by atoms with Crippen molar-refractivity contribution in [3.63, 3.8) is 0 Å². The van der Waals surface area contributed by atoms with Crippen molar-refractivity contribution >= 4 is 22.6 Å². The second-order valence-corrected chi connectivity index (χ2v) is 8.00. The summed E-state index contributed by atoms with van der Waals surface area (Å²) in [5.41, 5.74) is 6.82. The number of benzene rings is 3. The number of carbonyl (C=O) groups excluding carboxylic acids is 1. The van der Waals surface area contributed by atoms with Crippen LogP contribution in [0.25, 0.3) is 33.3 Å². The third-order valence-electron chi connectivity index (χ3n) is 5.51. The molecule has 0 saturated carbocycles. The summed E-state index contributed by atoms with van der Waals surface area (Å²) >= 11 is 0. The van der Waals surface area contributed by atoms with Gasteiger partial charge in [0, 0.05) is 29.6 Å². The van der Waals surface area contributed by atoms with Crippen molar-refractivity contribution in [1.82, 2.24) is 4.98 Å². The number of hydrogen-bond acceptors (Lipinski definition) is 4. The number of halogens is 1. The lowest BCUT2D eigenvalue weighted by Gasteiger charge is -2.13. The number of rotatable bonds is 8. The van der Waals surface area contributed by atoms with Crippen molar-refractivity contribution in [3.8, 4) is 22.4 Å². The number of aryl methyl sites for hydroxylation is 1. The first-order valence-electron chi connectivity index (χ1n) is 11.2. The SMILES string of the molecule is CCOC(=O)CCCNc1cc(-c2ccc(-c3ccc(C)cc3)cc2)nc2ccc(F)cc12. The number of nitrogens with zero attached hydrogens (tertiary/aromatic N) is 1. The Labute approximate surface area is 193 Å². The van der Waals surface area contributed by atoms with E-state index in [1.807, 2.05) is 6.07 Å². The summed E-state index contributed by atoms with van der Waals surface area (Å²) in [6, 6.07) is 23.3. The molecular formula is C28H27FN2O2. The van der Waals surface area contributed by atoms with Crippen LogP contribution in [0.3, 0.4) is 0 Å². The first-order chi connectivity index (χ1) is 16.0. The van der Waals surface area contributed by atoms with Crippen molar-refractivity contribution < 1.29 is 13.9 Å². The van der Waals surface area contributed by atoms with Gasteiger partial charge in [-0.25, -0.2) is 9.37 Å². The lowest BCUT2D eigenvalue weighted by Crippen LogP contribution is -2.08. The molecule has 33 heavy (non-hydrogen) atoms. The maximum Gasteiger partial charge on any atom is 0.305 e. The van der Waals surface area contributed by atoms with Gasteiger partial charge < -0.3 is 10.1 Å². The van der Waals surface area contributed by atoms with Crippen LogP contribution in [-0.2, 0) is 9.53 Å². The molecule has 1 N–H and O–H groups in total. The van der Waals surface area contributed by atoms with Gasteiger partial charge in [0.05, 0.1) is 17.8 Å². The number of carbonyl (C=O) groups is 1. The van der Waals surface area contributed by atoms with Crippen molar-refractivity contribution in [2.24, 2.45) is 0 Å². The number of anilines is 1. The van der Waals surface area contributed by atoms with Crippen LogP contribution in [0.2, 0.25) is 0 Å². The summed E-state index contributed by atoms with van der Waals surface area (Å²) in [4.78, 5) is 16.3. The molecule has 0 amide bonds. The molecule has 0 spiro atoms. The second kappa shape index (κ2) is 10.3. The average Bonchev–Trinajstić information content (AvgIpc) is 2.82. The molecule has 0 saturated heterocycles. The summed E-state index contributed by atoms with van der Waals surface area (Å²) in [5.74, 6) is -0.520. The molecule has 0 unspecified atom stereocenters. The lowest BCUT2D eigenvalue weighted by molar-refractivity contribution is -0.143. The van der Waals surface area contributed by atoms with Gasteiger partial charge in [-0.2, -0.15) is 0 Å². The van der Waals surface area contributed by atoms with Crippen molar-refractivity contribution in [1.29, 1.82) is 0 Å². The first kappa shape index (κ1) is 22.5. The van der Waals surface area contributed by atoms with Gasteiger partial charge >= 0.3 is 5.97 Å². The van der Waals surface area contributed by atoms with E-state index in [0.29, 0.717) is 36.9 Å². The number of fused-ring (bicyclic) bond motifs is 1. The topological polar surface area (TPSA) is 51.2 Å². The quantitative estimate of drug-likeness (QED) is 0.242. The molecule has 0 atom stereocenters. The van der Waals surface area contributed by atoms with E-state index in [9.17, 15) is 9.18 Å². The van der Waals surface area contributed by atoms with E-state index in [1.54, 1.807) is 13.0 Å². The average molecular weight is 443 g/mol. The molecule has 1 aromatic heterocycles. The smallest absolute Gasteiger partial charge is 0.305 e. The fraction of sp³-hybridized carbons (Fsp3) is 0.214. The molecule has 5 heteroatoms. The van der Waals surface area contributed by atoms with Crippen LogP contribution >= 0.6 is 0 Å². The number of aromatic nitrogens is 1. The zero-order valence-corrected chi connectivity index (χ0v) is 18.9. The molecule has 4 aromatic rings. The van der Waals surface area contributed by atoms with Crippen LogP contribution in [-0.4, -0.2) is 24.1 Å². The van der Waals surface area contributed by atoms with Crippen molar-refractivity contribution in [2.75, 3.05) is 18.5 Å². The number of ether oxygens (including phenoxy) is 1. The molecule has 4 nitrogen and oxygen atoms in total. The van der Waals surface area contributed by atoms with E-state index >= 15 is 0 Å². The van der Waals surface area contributed by atoms with Gasteiger partial charge in [-0.1, -0.05) is 54.1 Å². The molecule has 0 aliphatic carbocycles. The van der Waals surface area contributed by atoms with Crippen LogP contribution in [0, 0.1) is 12.7 Å². The molecule has 3 aromatic carbocycles. The minimum absolute atomic E-state index is 0.209. The van der Waals surface area contributed by atoms with E-state index < -0.39 is 0 Å². The highest BCUT2D eigenvalue weighted by Crippen LogP contribution is 2.30. The zero-order chi connectivity index (χ0) is 23.2. The van der Waals surface area contributed by atoms with Crippen LogP contribution in [0.5, 0.6) is 0 Å². The summed E-state index contributed by atoms with van der Waals surface area (Å²) in [5, 5.41) is 4.06. The molecule has 168 valence electrons. The maximum atomic E-state index is 13.9. The van der Waals surface area contributed by atoms with E-state index in [0.717, 1.165) is 28.1 Å². The maximum absolute atomic E-state index is 13.9. The third-order valence-corrected chi connectivity index (χ3v) is 5.51. The zero-order valence-electron chi connectivity index (χ0n) is 18.9. The monoisotopic (exact) mass is 442 g/mol. The molecule has 1 heterocycles. The minimum Gasteiger partial charge on any atom is -0.466 e. The van der Waals surface area contributed by atoms with Gasteiger partial charge in [0.15, 0.2) is 0 Å². The van der Waals surface area contributed by atoms with Gasteiger partial charge in [0.2, 0.25) is 0 Å². The molecule has 0 fully saturated rings. The lowest BCUT2D eigenvalue weighted by atomic mass is 10.0. The number of esters is 1. The van der Waals surface area contributed by atoms with Crippen molar-refractivity contribution in [3.05, 3.63) is 84.2 Å². The highest BCUT2D eigenvalue weighted by atomic mass is 19.1. The number of pyridine rings is 1. The Bertz CT molecular complexity index is 1250. The Morgan fingerprint density at radius 2 is 1.61 bits per heavy atom. The van der Waals surface area contributed by atoms with Gasteiger partial charge in [0.25, 0.3) is 0 Å². The van der Waals surface area contributed by atoms with Crippen LogP contribution < -0.4 is 5.32 Å². The third kappa shape index (κ3) is 5.55. The predicted octanol–water partition coefficient (Wildman–Crippen LogP) is 6.77. The van der Waals surface area contributed by atoms with E-state index in [4.69, 9.17) is 9.72 Å². The Balaban J connectivity index is 1.59. The van der Waals surface area contributed by atoms with Crippen molar-refractivity contribution in [2.45, 2.75) is 26.7 Å². The molecule has 4 rings (SSSR count). The predicted molar refractivity (Wildman–Crippen MR) is 132 cm³/mol. The molecule has 0 bridgehead atoms. The Morgan fingerprint density at radius 3 is 2.30 bits per heavy atom. The van der Waals surface area contributed by atoms with Crippen LogP contribution in [0.4, 0.5) is 10.1 Å². The van der Waals surface area contributed by atoms with Gasteiger partial charge in [0.1, 0.15) is 5.82 Å². The minimum atomic E-state index is -0.311. The normalized spacial score (nSPS) is 10.9. The standard InChI is InChI=1S/C28H27FN2O2/c1-3-33-28(32)5-4-16-30-27-18-26(31-25-15-14-23(29)17-24(25)27)22-12-10-21(11-13-22)20-8-6-19(2)7-9-20/h6-15,17-18H,3-5,16H2,1-2H3,(H,30,31). The molecule has 0 radical (unpaired) electrons. The van der Waals surface area contributed by atoms with Gasteiger partial charge in [-0.15, -0.1) is 0 Å². The summed E-state index contributed by atoms with van der Waals surface area (Å²) in [6.45, 7) is 4.82. The highest BCUT2D eigenvalue weighted by Gasteiger charge is 2.10. The van der Waals surface area contributed by atoms with Gasteiger partial charge in [-0.05, 0) is 55.7 Å². The molecule has 0 aliphatic heterocycles. The van der Waals surface area contributed by atoms with Crippen LogP contribution in [0.15, 0.2) is 72.8 Å². The largest absolute Gasteiger partial charge is 0.466 e. The summed E-state index contributed by atoms with van der Waals surface area (Å²) in [6.07, 6.45) is 0.962. The van der Waals surface area contributed by atoms with E-state index in [1.165, 1.54) is 17.7 Å². The van der Waals surface area contributed by atoms with Crippen LogP contribution in [0.1, 0.15) is 25.3 Å². The summed E-state index contributed by atoms with van der Waals surface area (Å²) in [7, 11) is 0. The number of nitrogens with one attached hydrogen (secondary N) is 1. The fourth-order valence-electron chi connectivity index (χ4n) is 3.76. The Morgan fingerprint density at radius 1 is 0.939 bits per heavy atom. The van der Waals surface area contributed by atoms with Gasteiger partial charge in [-0.3, -0.25) is 4.79 Å². The highest BCUT2D eigenvalue weighted by molar-refractivity contribution is 5.94. The second-order valence-electron chi connectivity index (χ2n) is 8.00. The molecule has 0 aliphatic rings. The Kier molecular flexibility index (Phi) is 6.98. The van der Waals surface area contributed by atoms with E-state index in [2.05, 4.69) is 60.8 Å². The number of hydrogen-bond donors (Lipinski definition) is 1. The molecular weight excluding hydrogens is 415 g/mol. The van der Waals surface area contributed by atoms with E-state index in [-0.39, 0.29) is 11.8 Å².